The fourth-order valence-electron chi connectivity index (χ4n) is 4.35. The first-order valence-electron chi connectivity index (χ1n) is 11.9. The lowest BCUT2D eigenvalue weighted by molar-refractivity contribution is -0.119. The second-order valence-corrected chi connectivity index (χ2v) is 9.90. The maximum atomic E-state index is 13.0. The molecule has 3 N–H and O–H groups in total. The number of nitrogens with one attached hydrogen (secondary N) is 3. The van der Waals surface area contributed by atoms with Gasteiger partial charge in [-0.3, -0.25) is 14.4 Å². The fourth-order valence-corrected chi connectivity index (χ4v) is 5.23. The first kappa shape index (κ1) is 24.1. The van der Waals surface area contributed by atoms with E-state index >= 15 is 0 Å². The smallest absolute Gasteiger partial charge is 0.262 e. The summed E-state index contributed by atoms with van der Waals surface area (Å²) in [6.45, 7) is 2.64. The van der Waals surface area contributed by atoms with Crippen molar-refractivity contribution >= 4 is 35.2 Å². The topological polar surface area (TPSA) is 96.5 Å². The number of hydrogen-bond acceptors (Lipinski definition) is 5. The molecule has 1 unspecified atom stereocenters. The van der Waals surface area contributed by atoms with Gasteiger partial charge in [-0.2, -0.15) is 0 Å². The summed E-state index contributed by atoms with van der Waals surface area (Å²) in [6, 6.07) is 12.5. The van der Waals surface area contributed by atoms with Crippen LogP contribution in [0.1, 0.15) is 61.0 Å². The number of hydrogen-bond donors (Lipinski definition) is 3. The van der Waals surface area contributed by atoms with Crippen molar-refractivity contribution in [2.24, 2.45) is 5.92 Å². The van der Waals surface area contributed by atoms with Crippen LogP contribution in [0.5, 0.6) is 5.75 Å². The van der Waals surface area contributed by atoms with E-state index in [0.717, 1.165) is 17.0 Å². The second-order valence-electron chi connectivity index (χ2n) is 8.88. The molecule has 34 heavy (non-hydrogen) atoms. The van der Waals surface area contributed by atoms with Gasteiger partial charge in [0.05, 0.1) is 23.0 Å². The fraction of sp³-hybridized carbons (Fsp3) is 0.423. The number of anilines is 1. The SMILES string of the molecule is CC(NC(=O)c1ccccc1SCC(=O)NCC1CCCCC1)c1ccc2c(c1)NC(=O)CO2. The van der Waals surface area contributed by atoms with Crippen LogP contribution < -0.4 is 20.7 Å². The maximum Gasteiger partial charge on any atom is 0.262 e. The Morgan fingerprint density at radius 2 is 1.94 bits per heavy atom. The number of carbonyl (C=O) groups excluding carboxylic acids is 3. The molecule has 4 rings (SSSR count). The van der Waals surface area contributed by atoms with Crippen LogP contribution in [0, 0.1) is 5.92 Å². The van der Waals surface area contributed by atoms with Crippen LogP contribution >= 0.6 is 11.8 Å². The van der Waals surface area contributed by atoms with Crippen LogP contribution in [-0.2, 0) is 9.59 Å². The van der Waals surface area contributed by atoms with E-state index in [-0.39, 0.29) is 36.1 Å². The lowest BCUT2D eigenvalue weighted by atomic mass is 9.89. The van der Waals surface area contributed by atoms with Gasteiger partial charge < -0.3 is 20.7 Å². The van der Waals surface area contributed by atoms with Gasteiger partial charge in [-0.05, 0) is 55.5 Å². The Morgan fingerprint density at radius 3 is 2.76 bits per heavy atom. The van der Waals surface area contributed by atoms with Gasteiger partial charge in [0.1, 0.15) is 5.75 Å². The number of carbonyl (C=O) groups is 3. The van der Waals surface area contributed by atoms with Gasteiger partial charge in [0.2, 0.25) is 5.91 Å². The Labute approximate surface area is 204 Å². The zero-order valence-corrected chi connectivity index (χ0v) is 20.2. The van der Waals surface area contributed by atoms with Crippen LogP contribution in [0.15, 0.2) is 47.4 Å². The standard InChI is InChI=1S/C26H31N3O4S/c1-17(19-11-12-22-21(13-19)29-24(30)15-33-22)28-26(32)20-9-5-6-10-23(20)34-16-25(31)27-14-18-7-3-2-4-8-18/h5-6,9-13,17-18H,2-4,7-8,14-16H2,1H3,(H,27,31)(H,28,32)(H,29,30). The molecule has 1 atom stereocenters. The minimum atomic E-state index is -0.284. The Hall–Kier alpha value is -3.00. The van der Waals surface area contributed by atoms with Gasteiger partial charge in [-0.25, -0.2) is 0 Å². The number of fused-ring (bicyclic) bond motifs is 1. The predicted octanol–water partition coefficient (Wildman–Crippen LogP) is 4.30. The summed E-state index contributed by atoms with van der Waals surface area (Å²) in [7, 11) is 0. The Balaban J connectivity index is 1.33. The van der Waals surface area contributed by atoms with Gasteiger partial charge in [0, 0.05) is 11.4 Å². The van der Waals surface area contributed by atoms with Gasteiger partial charge >= 0.3 is 0 Å². The minimum Gasteiger partial charge on any atom is -0.482 e. The first-order valence-corrected chi connectivity index (χ1v) is 12.8. The van der Waals surface area contributed by atoms with Crippen LogP contribution in [0.25, 0.3) is 0 Å². The van der Waals surface area contributed by atoms with Gasteiger partial charge in [-0.15, -0.1) is 11.8 Å². The van der Waals surface area contributed by atoms with Crippen molar-refractivity contribution < 1.29 is 19.1 Å². The van der Waals surface area contributed by atoms with Crippen molar-refractivity contribution in [2.75, 3.05) is 24.2 Å². The van der Waals surface area contributed by atoms with Crippen LogP contribution in [-0.4, -0.2) is 36.6 Å². The van der Waals surface area contributed by atoms with Crippen molar-refractivity contribution in [1.29, 1.82) is 0 Å². The van der Waals surface area contributed by atoms with Crippen molar-refractivity contribution in [2.45, 2.75) is 50.0 Å². The molecule has 1 aliphatic carbocycles. The molecule has 2 aliphatic rings. The van der Waals surface area contributed by atoms with Gasteiger partial charge in [-0.1, -0.05) is 37.5 Å². The molecule has 1 heterocycles. The average molecular weight is 482 g/mol. The van der Waals surface area contributed by atoms with Crippen LogP contribution in [0.4, 0.5) is 5.69 Å². The highest BCUT2D eigenvalue weighted by atomic mass is 32.2. The predicted molar refractivity (Wildman–Crippen MR) is 133 cm³/mol. The third-order valence-electron chi connectivity index (χ3n) is 6.29. The Kier molecular flexibility index (Phi) is 8.11. The third kappa shape index (κ3) is 6.32. The van der Waals surface area contributed by atoms with E-state index in [2.05, 4.69) is 16.0 Å². The molecular weight excluding hydrogens is 450 g/mol. The highest BCUT2D eigenvalue weighted by molar-refractivity contribution is 8.00. The summed E-state index contributed by atoms with van der Waals surface area (Å²) in [5.74, 6) is 1.07. The monoisotopic (exact) mass is 481 g/mol. The van der Waals surface area contributed by atoms with Crippen LogP contribution in [0.3, 0.4) is 0 Å². The maximum absolute atomic E-state index is 13.0. The highest BCUT2D eigenvalue weighted by Crippen LogP contribution is 2.31. The molecule has 8 heteroatoms. The molecule has 7 nitrogen and oxygen atoms in total. The summed E-state index contributed by atoms with van der Waals surface area (Å²) >= 11 is 1.37. The largest absolute Gasteiger partial charge is 0.482 e. The molecule has 1 fully saturated rings. The summed E-state index contributed by atoms with van der Waals surface area (Å²) in [6.07, 6.45) is 6.19. The van der Waals surface area contributed by atoms with Gasteiger partial charge in [0.25, 0.3) is 11.8 Å². The summed E-state index contributed by atoms with van der Waals surface area (Å²) < 4.78 is 5.40. The first-order chi connectivity index (χ1) is 16.5. The lowest BCUT2D eigenvalue weighted by Gasteiger charge is -2.22. The van der Waals surface area contributed by atoms with E-state index < -0.39 is 0 Å². The van der Waals surface area contributed by atoms with Crippen LogP contribution in [0.2, 0.25) is 0 Å². The molecule has 1 saturated carbocycles. The molecule has 0 saturated heterocycles. The molecule has 0 radical (unpaired) electrons. The molecule has 3 amide bonds. The van der Waals surface area contributed by atoms with Crippen molar-refractivity contribution in [3.8, 4) is 5.75 Å². The van der Waals surface area contributed by atoms with Crippen molar-refractivity contribution in [3.05, 3.63) is 53.6 Å². The van der Waals surface area contributed by atoms with E-state index in [1.807, 2.05) is 37.3 Å². The molecule has 2 aromatic carbocycles. The number of amides is 3. The molecule has 0 spiro atoms. The third-order valence-corrected chi connectivity index (χ3v) is 7.36. The molecule has 1 aliphatic heterocycles. The summed E-state index contributed by atoms with van der Waals surface area (Å²) in [5, 5.41) is 8.86. The lowest BCUT2D eigenvalue weighted by Crippen LogP contribution is -2.31. The van der Waals surface area contributed by atoms with E-state index in [1.54, 1.807) is 12.1 Å². The average Bonchev–Trinajstić information content (AvgIpc) is 2.86. The van der Waals surface area contributed by atoms with E-state index in [4.69, 9.17) is 4.74 Å². The van der Waals surface area contributed by atoms with Crippen molar-refractivity contribution in [1.82, 2.24) is 10.6 Å². The Bertz CT molecular complexity index is 1050. The molecular formula is C26H31N3O4S. The number of rotatable bonds is 8. The van der Waals surface area contributed by atoms with E-state index in [1.165, 1.54) is 43.9 Å². The zero-order chi connectivity index (χ0) is 23.9. The summed E-state index contributed by atoms with van der Waals surface area (Å²) in [5.41, 5.74) is 1.99. The number of benzene rings is 2. The Morgan fingerprint density at radius 1 is 1.15 bits per heavy atom. The number of ether oxygens (including phenoxy) is 1. The van der Waals surface area contributed by atoms with Gasteiger partial charge in [0.15, 0.2) is 6.61 Å². The normalized spacial score (nSPS) is 16.6. The van der Waals surface area contributed by atoms with Crippen molar-refractivity contribution in [3.63, 3.8) is 0 Å². The zero-order valence-electron chi connectivity index (χ0n) is 19.4. The van der Waals surface area contributed by atoms with E-state index in [0.29, 0.717) is 22.9 Å². The summed E-state index contributed by atoms with van der Waals surface area (Å²) in [4.78, 5) is 37.8. The molecule has 0 bridgehead atoms. The minimum absolute atomic E-state index is 0.00234. The molecule has 180 valence electrons. The van der Waals surface area contributed by atoms with E-state index in [9.17, 15) is 14.4 Å². The molecule has 2 aromatic rings. The highest BCUT2D eigenvalue weighted by Gasteiger charge is 2.20. The quantitative estimate of drug-likeness (QED) is 0.489. The number of thioether (sulfide) groups is 1. The molecule has 0 aromatic heterocycles. The second kappa shape index (κ2) is 11.4.